The van der Waals surface area contributed by atoms with E-state index >= 15 is 0 Å². The molecule has 1 atom stereocenters. The molecule has 1 unspecified atom stereocenters. The van der Waals surface area contributed by atoms with Gasteiger partial charge in [0, 0.05) is 17.5 Å². The Morgan fingerprint density at radius 3 is 2.88 bits per heavy atom. The van der Waals surface area contributed by atoms with Gasteiger partial charge in [-0.25, -0.2) is 4.79 Å². The molecule has 1 rings (SSSR count). The Bertz CT molecular complexity index is 382. The maximum atomic E-state index is 11.0. The van der Waals surface area contributed by atoms with Crippen molar-refractivity contribution in [3.8, 4) is 0 Å². The zero-order valence-electron chi connectivity index (χ0n) is 9.36. The highest BCUT2D eigenvalue weighted by Crippen LogP contribution is 2.20. The van der Waals surface area contributed by atoms with Gasteiger partial charge in [0.1, 0.15) is 0 Å². The predicted molar refractivity (Wildman–Crippen MR) is 69.3 cm³/mol. The average Bonchev–Trinajstić information content (AvgIpc) is 2.25. The third kappa shape index (κ3) is 3.34. The van der Waals surface area contributed by atoms with Crippen molar-refractivity contribution >= 4 is 29.1 Å². The minimum atomic E-state index is -0.945. The smallest absolute Gasteiger partial charge is 0.337 e. The van der Waals surface area contributed by atoms with Crippen LogP contribution in [0.2, 0.25) is 0 Å². The molecule has 0 amide bonds. The summed E-state index contributed by atoms with van der Waals surface area (Å²) in [6, 6.07) is 4.76. The number of benzene rings is 1. The second kappa shape index (κ2) is 5.65. The Balaban J connectivity index is 2.84. The van der Waals surface area contributed by atoms with Crippen LogP contribution in [0.5, 0.6) is 0 Å². The fourth-order valence-electron chi connectivity index (χ4n) is 1.23. The number of rotatable bonds is 5. The third-order valence-corrected chi connectivity index (χ3v) is 3.23. The zero-order chi connectivity index (χ0) is 12.1. The third-order valence-electron chi connectivity index (χ3n) is 2.26. The van der Waals surface area contributed by atoms with Gasteiger partial charge >= 0.3 is 5.97 Å². The van der Waals surface area contributed by atoms with Crippen molar-refractivity contribution in [2.45, 2.75) is 12.2 Å². The second-order valence-corrected chi connectivity index (χ2v) is 4.81. The van der Waals surface area contributed by atoms with Gasteiger partial charge in [-0.05, 0) is 24.5 Å². The van der Waals surface area contributed by atoms with E-state index in [1.54, 1.807) is 23.9 Å². The molecular formula is C11H16N2O2S. The van der Waals surface area contributed by atoms with Crippen molar-refractivity contribution in [3.63, 3.8) is 0 Å². The molecule has 0 fully saturated rings. The van der Waals surface area contributed by atoms with Gasteiger partial charge in [-0.3, -0.25) is 0 Å². The lowest BCUT2D eigenvalue weighted by molar-refractivity contribution is 0.0698. The number of nitrogen functional groups attached to an aromatic ring is 1. The summed E-state index contributed by atoms with van der Waals surface area (Å²) in [5, 5.41) is 12.5. The predicted octanol–water partition coefficient (Wildman–Crippen LogP) is 2.13. The molecule has 1 aromatic carbocycles. The van der Waals surface area contributed by atoms with Crippen LogP contribution in [0.25, 0.3) is 0 Å². The lowest BCUT2D eigenvalue weighted by Crippen LogP contribution is -2.15. The summed E-state index contributed by atoms with van der Waals surface area (Å²) in [6.07, 6.45) is 2.02. The standard InChI is InChI=1S/C11H16N2O2S/c1-7(16-2)6-13-10-5-8(12)3-4-9(10)11(14)15/h3-5,7,13H,6,12H2,1-2H3,(H,14,15). The number of hydrogen-bond donors (Lipinski definition) is 3. The topological polar surface area (TPSA) is 75.3 Å². The summed E-state index contributed by atoms with van der Waals surface area (Å²) < 4.78 is 0. The molecule has 0 aliphatic carbocycles. The largest absolute Gasteiger partial charge is 0.478 e. The molecule has 0 aliphatic rings. The highest BCUT2D eigenvalue weighted by Gasteiger charge is 2.10. The summed E-state index contributed by atoms with van der Waals surface area (Å²) in [5.41, 5.74) is 7.02. The molecule has 4 nitrogen and oxygen atoms in total. The van der Waals surface area contributed by atoms with Gasteiger partial charge in [-0.2, -0.15) is 11.8 Å². The molecule has 0 saturated heterocycles. The van der Waals surface area contributed by atoms with Crippen molar-refractivity contribution < 1.29 is 9.90 Å². The van der Waals surface area contributed by atoms with E-state index in [-0.39, 0.29) is 5.56 Å². The summed E-state index contributed by atoms with van der Waals surface area (Å²) in [6.45, 7) is 2.79. The molecule has 0 spiro atoms. The first-order valence-corrected chi connectivity index (χ1v) is 6.23. The van der Waals surface area contributed by atoms with Crippen LogP contribution in [0.4, 0.5) is 11.4 Å². The normalized spacial score (nSPS) is 12.1. The number of nitrogens with one attached hydrogen (secondary N) is 1. The van der Waals surface area contributed by atoms with Gasteiger partial charge < -0.3 is 16.2 Å². The fourth-order valence-corrected chi connectivity index (χ4v) is 1.48. The Morgan fingerprint density at radius 2 is 2.31 bits per heavy atom. The molecule has 0 aromatic heterocycles. The Morgan fingerprint density at radius 1 is 1.62 bits per heavy atom. The number of carboxylic acids is 1. The van der Waals surface area contributed by atoms with E-state index in [4.69, 9.17) is 10.8 Å². The second-order valence-electron chi connectivity index (χ2n) is 3.54. The van der Waals surface area contributed by atoms with Crippen molar-refractivity contribution in [2.24, 2.45) is 0 Å². The van der Waals surface area contributed by atoms with E-state index in [9.17, 15) is 4.79 Å². The molecule has 16 heavy (non-hydrogen) atoms. The molecule has 0 bridgehead atoms. The van der Waals surface area contributed by atoms with Crippen molar-refractivity contribution in [2.75, 3.05) is 23.9 Å². The molecule has 0 radical (unpaired) electrons. The van der Waals surface area contributed by atoms with Gasteiger partial charge in [-0.1, -0.05) is 6.92 Å². The quantitative estimate of drug-likeness (QED) is 0.687. The molecule has 0 heterocycles. The first-order chi connectivity index (χ1) is 7.54. The Hall–Kier alpha value is -1.36. The summed E-state index contributed by atoms with van der Waals surface area (Å²) in [4.78, 5) is 11.0. The van der Waals surface area contributed by atoms with Crippen molar-refractivity contribution in [1.29, 1.82) is 0 Å². The maximum absolute atomic E-state index is 11.0. The monoisotopic (exact) mass is 240 g/mol. The summed E-state index contributed by atoms with van der Waals surface area (Å²) >= 11 is 1.72. The number of anilines is 2. The fraction of sp³-hybridized carbons (Fsp3) is 0.364. The molecule has 1 aromatic rings. The van der Waals surface area contributed by atoms with Crippen LogP contribution in [0.3, 0.4) is 0 Å². The van der Waals surface area contributed by atoms with Gasteiger partial charge in [0.15, 0.2) is 0 Å². The van der Waals surface area contributed by atoms with Gasteiger partial charge in [0.2, 0.25) is 0 Å². The van der Waals surface area contributed by atoms with Crippen LogP contribution < -0.4 is 11.1 Å². The first-order valence-electron chi connectivity index (χ1n) is 4.94. The Labute approximate surface area is 99.2 Å². The summed E-state index contributed by atoms with van der Waals surface area (Å²) in [7, 11) is 0. The number of aromatic carboxylic acids is 1. The van der Waals surface area contributed by atoms with Crippen LogP contribution in [0.1, 0.15) is 17.3 Å². The van der Waals surface area contributed by atoms with Crippen LogP contribution >= 0.6 is 11.8 Å². The SMILES string of the molecule is CSC(C)CNc1cc(N)ccc1C(=O)O. The van der Waals surface area contributed by atoms with Crippen LogP contribution in [0.15, 0.2) is 18.2 Å². The minimum Gasteiger partial charge on any atom is -0.478 e. The van der Waals surface area contributed by atoms with Gasteiger partial charge in [0.05, 0.1) is 11.3 Å². The zero-order valence-corrected chi connectivity index (χ0v) is 10.2. The summed E-state index contributed by atoms with van der Waals surface area (Å²) in [5.74, 6) is -0.945. The van der Waals surface area contributed by atoms with Crippen molar-refractivity contribution in [1.82, 2.24) is 0 Å². The van der Waals surface area contributed by atoms with Crippen LogP contribution in [0, 0.1) is 0 Å². The molecule has 0 saturated carbocycles. The number of carboxylic acid groups (broad SMARTS) is 1. The highest BCUT2D eigenvalue weighted by atomic mass is 32.2. The Kier molecular flexibility index (Phi) is 4.49. The van der Waals surface area contributed by atoms with E-state index in [1.165, 1.54) is 6.07 Å². The molecule has 88 valence electrons. The van der Waals surface area contributed by atoms with Crippen LogP contribution in [-0.2, 0) is 0 Å². The van der Waals surface area contributed by atoms with E-state index in [0.29, 0.717) is 23.2 Å². The van der Waals surface area contributed by atoms with Crippen molar-refractivity contribution in [3.05, 3.63) is 23.8 Å². The maximum Gasteiger partial charge on any atom is 0.337 e. The molecule has 0 aliphatic heterocycles. The number of hydrogen-bond acceptors (Lipinski definition) is 4. The lowest BCUT2D eigenvalue weighted by Gasteiger charge is -2.13. The molecule has 4 N–H and O–H groups in total. The van der Waals surface area contributed by atoms with E-state index in [1.807, 2.05) is 6.26 Å². The highest BCUT2D eigenvalue weighted by molar-refractivity contribution is 7.99. The lowest BCUT2D eigenvalue weighted by atomic mass is 10.1. The molecular weight excluding hydrogens is 224 g/mol. The van der Waals surface area contributed by atoms with Crippen LogP contribution in [-0.4, -0.2) is 29.1 Å². The van der Waals surface area contributed by atoms with E-state index in [0.717, 1.165) is 0 Å². The van der Waals surface area contributed by atoms with Gasteiger partial charge in [0.25, 0.3) is 0 Å². The van der Waals surface area contributed by atoms with Gasteiger partial charge in [-0.15, -0.1) is 0 Å². The van der Waals surface area contributed by atoms with E-state index in [2.05, 4.69) is 12.2 Å². The number of nitrogens with two attached hydrogens (primary N) is 1. The minimum absolute atomic E-state index is 0.252. The molecule has 5 heteroatoms. The van der Waals surface area contributed by atoms with E-state index < -0.39 is 5.97 Å². The number of carbonyl (C=O) groups is 1. The first kappa shape index (κ1) is 12.7. The number of thioether (sulfide) groups is 1. The average molecular weight is 240 g/mol.